The molecule has 0 aliphatic carbocycles. The maximum absolute atomic E-state index is 11.5. The number of nitrogens with zero attached hydrogens (tertiary/aromatic N) is 1. The van der Waals surface area contributed by atoms with E-state index in [9.17, 15) is 4.79 Å². The van der Waals surface area contributed by atoms with Gasteiger partial charge in [-0.05, 0) is 19.4 Å². The Labute approximate surface area is 88.3 Å². The normalized spacial score (nSPS) is 21.2. The summed E-state index contributed by atoms with van der Waals surface area (Å²) in [7, 11) is 0. The molecule has 0 spiro atoms. The van der Waals surface area contributed by atoms with Gasteiger partial charge in [0, 0.05) is 12.6 Å². The summed E-state index contributed by atoms with van der Waals surface area (Å²) in [6, 6.07) is 0.398. The fourth-order valence-corrected chi connectivity index (χ4v) is 1.73. The monoisotopic (exact) mass is 209 g/mol. The number of carbonyl (C=O) groups is 1. The van der Waals surface area contributed by atoms with E-state index in [1.54, 1.807) is 0 Å². The van der Waals surface area contributed by atoms with Crippen LogP contribution in [0.1, 0.15) is 29.8 Å². The lowest BCUT2D eigenvalue weighted by Gasteiger charge is -2.23. The van der Waals surface area contributed by atoms with Gasteiger partial charge < -0.3 is 15.1 Å². The Kier molecular flexibility index (Phi) is 3.34. The van der Waals surface area contributed by atoms with E-state index in [0.717, 1.165) is 13.0 Å². The van der Waals surface area contributed by atoms with Crippen molar-refractivity contribution in [3.05, 3.63) is 18.4 Å². The van der Waals surface area contributed by atoms with Gasteiger partial charge in [0.05, 0.1) is 0 Å². The summed E-state index contributed by atoms with van der Waals surface area (Å²) in [5.41, 5.74) is 0.339. The van der Waals surface area contributed by atoms with Crippen molar-refractivity contribution in [2.75, 3.05) is 13.1 Å². The van der Waals surface area contributed by atoms with Crippen molar-refractivity contribution < 1.29 is 9.21 Å². The summed E-state index contributed by atoms with van der Waals surface area (Å²) in [6.45, 7) is 1.70. The van der Waals surface area contributed by atoms with Crippen molar-refractivity contribution in [1.29, 1.82) is 0 Å². The molecular formula is C10H15N3O2. The second-order valence-electron chi connectivity index (χ2n) is 3.73. The third-order valence-corrected chi connectivity index (χ3v) is 2.59. The summed E-state index contributed by atoms with van der Waals surface area (Å²) in [5.74, 6) is -0.170. The first-order valence-electron chi connectivity index (χ1n) is 5.26. The van der Waals surface area contributed by atoms with Crippen LogP contribution in [0.15, 0.2) is 17.1 Å². The van der Waals surface area contributed by atoms with Gasteiger partial charge in [0.1, 0.15) is 6.26 Å². The predicted molar refractivity (Wildman–Crippen MR) is 54.5 cm³/mol. The maximum Gasteiger partial charge on any atom is 0.273 e. The van der Waals surface area contributed by atoms with E-state index in [1.165, 1.54) is 25.5 Å². The number of hydrogen-bond acceptors (Lipinski definition) is 4. The topological polar surface area (TPSA) is 67.2 Å². The summed E-state index contributed by atoms with van der Waals surface area (Å²) in [6.07, 6.45) is 6.20. The molecule has 0 saturated carbocycles. The standard InChI is InChI=1S/C10H15N3O2/c14-10(9-6-15-7-13-9)12-5-8-3-1-2-4-11-8/h6-8,11H,1-5H2,(H,12,14). The van der Waals surface area contributed by atoms with Crippen molar-refractivity contribution in [3.63, 3.8) is 0 Å². The van der Waals surface area contributed by atoms with Crippen LogP contribution in [0.25, 0.3) is 0 Å². The zero-order chi connectivity index (χ0) is 10.5. The van der Waals surface area contributed by atoms with Gasteiger partial charge in [-0.25, -0.2) is 4.98 Å². The Morgan fingerprint density at radius 3 is 3.27 bits per heavy atom. The van der Waals surface area contributed by atoms with Crippen LogP contribution in [0.2, 0.25) is 0 Å². The molecule has 0 radical (unpaired) electrons. The summed E-state index contributed by atoms with van der Waals surface area (Å²) in [5, 5.41) is 6.19. The van der Waals surface area contributed by atoms with Crippen LogP contribution in [0.3, 0.4) is 0 Å². The fourth-order valence-electron chi connectivity index (χ4n) is 1.73. The molecule has 1 fully saturated rings. The highest BCUT2D eigenvalue weighted by molar-refractivity contribution is 5.91. The Morgan fingerprint density at radius 1 is 1.67 bits per heavy atom. The predicted octanol–water partition coefficient (Wildman–Crippen LogP) is 0.546. The molecule has 1 aromatic heterocycles. The van der Waals surface area contributed by atoms with Gasteiger partial charge in [-0.3, -0.25) is 4.79 Å². The molecule has 5 heteroatoms. The number of aromatic nitrogens is 1. The second kappa shape index (κ2) is 4.93. The van der Waals surface area contributed by atoms with Crippen molar-refractivity contribution in [2.24, 2.45) is 0 Å². The van der Waals surface area contributed by atoms with E-state index in [2.05, 4.69) is 15.6 Å². The lowest BCUT2D eigenvalue weighted by molar-refractivity contribution is 0.0943. The number of piperidine rings is 1. The van der Waals surface area contributed by atoms with E-state index in [4.69, 9.17) is 4.42 Å². The highest BCUT2D eigenvalue weighted by Gasteiger charge is 2.14. The molecule has 2 N–H and O–H groups in total. The number of nitrogens with one attached hydrogen (secondary N) is 2. The van der Waals surface area contributed by atoms with Crippen LogP contribution in [0.5, 0.6) is 0 Å². The van der Waals surface area contributed by atoms with Crippen LogP contribution in [0, 0.1) is 0 Å². The van der Waals surface area contributed by atoms with Gasteiger partial charge in [0.2, 0.25) is 0 Å². The summed E-state index contributed by atoms with van der Waals surface area (Å²) < 4.78 is 4.74. The van der Waals surface area contributed by atoms with E-state index in [-0.39, 0.29) is 5.91 Å². The number of rotatable bonds is 3. The van der Waals surface area contributed by atoms with Gasteiger partial charge in [-0.2, -0.15) is 0 Å². The summed E-state index contributed by atoms with van der Waals surface area (Å²) >= 11 is 0. The molecule has 0 aromatic carbocycles. The molecule has 1 atom stereocenters. The molecule has 1 aliphatic heterocycles. The minimum Gasteiger partial charge on any atom is -0.451 e. The Bertz CT molecular complexity index is 304. The van der Waals surface area contributed by atoms with E-state index in [1.807, 2.05) is 0 Å². The Balaban J connectivity index is 1.75. The van der Waals surface area contributed by atoms with Crippen molar-refractivity contribution in [1.82, 2.24) is 15.6 Å². The zero-order valence-corrected chi connectivity index (χ0v) is 8.53. The minimum absolute atomic E-state index is 0.170. The Morgan fingerprint density at radius 2 is 2.60 bits per heavy atom. The molecule has 1 unspecified atom stereocenters. The first-order valence-corrected chi connectivity index (χ1v) is 5.26. The van der Waals surface area contributed by atoms with Crippen LogP contribution < -0.4 is 10.6 Å². The molecular weight excluding hydrogens is 194 g/mol. The molecule has 2 heterocycles. The lowest BCUT2D eigenvalue weighted by atomic mass is 10.1. The van der Waals surface area contributed by atoms with E-state index >= 15 is 0 Å². The molecule has 15 heavy (non-hydrogen) atoms. The first kappa shape index (κ1) is 10.2. The van der Waals surface area contributed by atoms with Gasteiger partial charge in [-0.15, -0.1) is 0 Å². The van der Waals surface area contributed by atoms with Gasteiger partial charge in [-0.1, -0.05) is 6.42 Å². The largest absolute Gasteiger partial charge is 0.451 e. The van der Waals surface area contributed by atoms with Gasteiger partial charge in [0.25, 0.3) is 5.91 Å². The molecule has 1 amide bonds. The number of carbonyl (C=O) groups excluding carboxylic acids is 1. The molecule has 82 valence electrons. The number of amides is 1. The van der Waals surface area contributed by atoms with E-state index in [0.29, 0.717) is 18.3 Å². The minimum atomic E-state index is -0.170. The van der Waals surface area contributed by atoms with E-state index < -0.39 is 0 Å². The molecule has 0 bridgehead atoms. The third kappa shape index (κ3) is 2.79. The van der Waals surface area contributed by atoms with Crippen molar-refractivity contribution in [3.8, 4) is 0 Å². The van der Waals surface area contributed by atoms with Gasteiger partial charge in [0.15, 0.2) is 12.1 Å². The molecule has 1 aromatic rings. The van der Waals surface area contributed by atoms with Crippen LogP contribution in [0.4, 0.5) is 0 Å². The molecule has 1 saturated heterocycles. The summed E-state index contributed by atoms with van der Waals surface area (Å²) in [4.78, 5) is 15.3. The average Bonchev–Trinajstić information content (AvgIpc) is 2.81. The number of oxazole rings is 1. The quantitative estimate of drug-likeness (QED) is 0.762. The average molecular weight is 209 g/mol. The molecule has 2 rings (SSSR count). The second-order valence-corrected chi connectivity index (χ2v) is 3.73. The van der Waals surface area contributed by atoms with Crippen LogP contribution >= 0.6 is 0 Å². The highest BCUT2D eigenvalue weighted by Crippen LogP contribution is 2.05. The third-order valence-electron chi connectivity index (χ3n) is 2.59. The van der Waals surface area contributed by atoms with Crippen molar-refractivity contribution >= 4 is 5.91 Å². The molecule has 1 aliphatic rings. The fraction of sp³-hybridized carbons (Fsp3) is 0.600. The SMILES string of the molecule is O=C(NCC1CCCCN1)c1cocn1. The smallest absolute Gasteiger partial charge is 0.273 e. The maximum atomic E-state index is 11.5. The first-order chi connectivity index (χ1) is 7.36. The highest BCUT2D eigenvalue weighted by atomic mass is 16.3. The lowest BCUT2D eigenvalue weighted by Crippen LogP contribution is -2.43. The van der Waals surface area contributed by atoms with Crippen LogP contribution in [-0.4, -0.2) is 30.0 Å². The molecule has 5 nitrogen and oxygen atoms in total. The Hall–Kier alpha value is -1.36. The van der Waals surface area contributed by atoms with Crippen LogP contribution in [-0.2, 0) is 0 Å². The number of hydrogen-bond donors (Lipinski definition) is 2. The zero-order valence-electron chi connectivity index (χ0n) is 8.53. The van der Waals surface area contributed by atoms with Crippen molar-refractivity contribution in [2.45, 2.75) is 25.3 Å². The van der Waals surface area contributed by atoms with Gasteiger partial charge >= 0.3 is 0 Å².